The average molecular weight is 422 g/mol. The first-order valence-corrected chi connectivity index (χ1v) is 10.9. The Kier molecular flexibility index (Phi) is 6.49. The van der Waals surface area contributed by atoms with Gasteiger partial charge in [-0.25, -0.2) is 12.8 Å². The summed E-state index contributed by atoms with van der Waals surface area (Å²) in [6.07, 6.45) is 4.38. The van der Waals surface area contributed by atoms with Crippen molar-refractivity contribution in [3.8, 4) is 5.75 Å². The summed E-state index contributed by atoms with van der Waals surface area (Å²) in [4.78, 5) is 10.3. The van der Waals surface area contributed by atoms with Crippen molar-refractivity contribution in [1.82, 2.24) is 4.31 Å². The molecular formula is C20H23FN2O5S. The molecule has 0 bridgehead atoms. The highest BCUT2D eigenvalue weighted by Gasteiger charge is 2.35. The van der Waals surface area contributed by atoms with Crippen LogP contribution in [0.1, 0.15) is 37.7 Å². The molecule has 1 fully saturated rings. The van der Waals surface area contributed by atoms with E-state index < -0.39 is 20.8 Å². The number of rotatable bonds is 7. The van der Waals surface area contributed by atoms with E-state index in [2.05, 4.69) is 0 Å². The Hall–Kier alpha value is -2.52. The summed E-state index contributed by atoms with van der Waals surface area (Å²) in [5.74, 6) is -0.461. The van der Waals surface area contributed by atoms with Crippen molar-refractivity contribution in [1.29, 1.82) is 0 Å². The summed E-state index contributed by atoms with van der Waals surface area (Å²) in [7, 11) is -2.72. The van der Waals surface area contributed by atoms with Crippen LogP contribution in [0.4, 0.5) is 10.1 Å². The largest absolute Gasteiger partial charge is 0.495 e. The van der Waals surface area contributed by atoms with Crippen molar-refractivity contribution in [3.05, 3.63) is 64.0 Å². The third-order valence-corrected chi connectivity index (χ3v) is 7.12. The number of halogens is 1. The van der Waals surface area contributed by atoms with E-state index in [1.807, 2.05) is 0 Å². The van der Waals surface area contributed by atoms with Gasteiger partial charge in [0.2, 0.25) is 10.0 Å². The molecule has 0 atom stereocenters. The molecule has 0 N–H and O–H groups in total. The minimum atomic E-state index is -4.00. The molecule has 0 aliphatic heterocycles. The zero-order valence-electron chi connectivity index (χ0n) is 16.1. The first-order chi connectivity index (χ1) is 13.8. The molecule has 7 nitrogen and oxygen atoms in total. The quantitative estimate of drug-likeness (QED) is 0.491. The minimum Gasteiger partial charge on any atom is -0.495 e. The lowest BCUT2D eigenvalue weighted by molar-refractivity contribution is -0.385. The summed E-state index contributed by atoms with van der Waals surface area (Å²) in [6, 6.07) is 9.02. The van der Waals surface area contributed by atoms with E-state index in [4.69, 9.17) is 4.74 Å². The van der Waals surface area contributed by atoms with E-state index in [0.717, 1.165) is 44.2 Å². The molecule has 1 saturated carbocycles. The maximum Gasteiger partial charge on any atom is 0.273 e. The van der Waals surface area contributed by atoms with Gasteiger partial charge in [0, 0.05) is 18.7 Å². The van der Waals surface area contributed by atoms with Crippen LogP contribution >= 0.6 is 0 Å². The second-order valence-corrected chi connectivity index (χ2v) is 8.92. The first-order valence-electron chi connectivity index (χ1n) is 9.41. The number of ether oxygens (including phenoxy) is 1. The number of methoxy groups -OCH3 is 1. The van der Waals surface area contributed by atoms with Crippen LogP contribution in [-0.2, 0) is 16.6 Å². The van der Waals surface area contributed by atoms with Gasteiger partial charge < -0.3 is 4.74 Å². The van der Waals surface area contributed by atoms with Gasteiger partial charge in [0.15, 0.2) is 0 Å². The van der Waals surface area contributed by atoms with E-state index in [-0.39, 0.29) is 28.9 Å². The number of hydrogen-bond acceptors (Lipinski definition) is 5. The lowest BCUT2D eigenvalue weighted by atomic mass is 9.95. The van der Waals surface area contributed by atoms with Gasteiger partial charge in [0.05, 0.1) is 18.1 Å². The molecular weight excluding hydrogens is 399 g/mol. The highest BCUT2D eigenvalue weighted by Crippen LogP contribution is 2.35. The minimum absolute atomic E-state index is 0.0703. The molecule has 0 aromatic heterocycles. The van der Waals surface area contributed by atoms with E-state index >= 15 is 0 Å². The average Bonchev–Trinajstić information content (AvgIpc) is 2.73. The molecule has 3 rings (SSSR count). The maximum atomic E-state index is 13.6. The van der Waals surface area contributed by atoms with Crippen LogP contribution in [0.15, 0.2) is 47.4 Å². The summed E-state index contributed by atoms with van der Waals surface area (Å²) in [5.41, 5.74) is 0.421. The lowest BCUT2D eigenvalue weighted by Crippen LogP contribution is -2.41. The highest BCUT2D eigenvalue weighted by atomic mass is 32.2. The lowest BCUT2D eigenvalue weighted by Gasteiger charge is -2.33. The van der Waals surface area contributed by atoms with Crippen LogP contribution in [0.3, 0.4) is 0 Å². The van der Waals surface area contributed by atoms with Gasteiger partial charge in [-0.05, 0) is 36.6 Å². The molecule has 29 heavy (non-hydrogen) atoms. The Morgan fingerprint density at radius 3 is 2.38 bits per heavy atom. The molecule has 0 heterocycles. The first kappa shape index (κ1) is 21.2. The van der Waals surface area contributed by atoms with Crippen molar-refractivity contribution in [2.24, 2.45) is 0 Å². The van der Waals surface area contributed by atoms with Gasteiger partial charge in [-0.3, -0.25) is 10.1 Å². The molecule has 0 spiro atoms. The molecule has 9 heteroatoms. The van der Waals surface area contributed by atoms with Gasteiger partial charge in [0.1, 0.15) is 16.5 Å². The molecule has 0 unspecified atom stereocenters. The fourth-order valence-electron chi connectivity index (χ4n) is 3.66. The van der Waals surface area contributed by atoms with E-state index in [0.29, 0.717) is 5.56 Å². The fraction of sp³-hybridized carbons (Fsp3) is 0.400. The van der Waals surface area contributed by atoms with Crippen molar-refractivity contribution in [3.63, 3.8) is 0 Å². The highest BCUT2D eigenvalue weighted by molar-refractivity contribution is 7.89. The third kappa shape index (κ3) is 4.73. The van der Waals surface area contributed by atoms with Crippen LogP contribution in [-0.4, -0.2) is 30.8 Å². The summed E-state index contributed by atoms with van der Waals surface area (Å²) in [6.45, 7) is 0.0907. The zero-order chi connectivity index (χ0) is 21.0. The number of hydrogen-bond donors (Lipinski definition) is 0. The van der Waals surface area contributed by atoms with E-state index in [1.165, 1.54) is 29.6 Å². The third-order valence-electron chi connectivity index (χ3n) is 5.18. The summed E-state index contributed by atoms with van der Waals surface area (Å²) >= 11 is 0. The van der Waals surface area contributed by atoms with Crippen molar-refractivity contribution < 1.29 is 22.5 Å². The van der Waals surface area contributed by atoms with Gasteiger partial charge in [-0.15, -0.1) is 0 Å². The smallest absolute Gasteiger partial charge is 0.273 e. The van der Waals surface area contributed by atoms with Gasteiger partial charge >= 0.3 is 0 Å². The summed E-state index contributed by atoms with van der Waals surface area (Å²) in [5, 5.41) is 11.0. The Morgan fingerprint density at radius 2 is 1.79 bits per heavy atom. The molecule has 1 aliphatic carbocycles. The van der Waals surface area contributed by atoms with Gasteiger partial charge in [-0.2, -0.15) is 4.31 Å². The Labute approximate surface area is 169 Å². The van der Waals surface area contributed by atoms with Gasteiger partial charge in [-0.1, -0.05) is 31.4 Å². The standard InChI is InChI=1S/C20H23FN2O5S/c1-28-19-13-18(23(24)25)11-12-20(19)29(26,27)22(17-5-3-2-4-6-17)14-15-7-9-16(21)10-8-15/h7-13,17H,2-6,14H2,1H3. The summed E-state index contributed by atoms with van der Waals surface area (Å²) < 4.78 is 47.0. The number of sulfonamides is 1. The normalized spacial score (nSPS) is 15.4. The molecule has 1 aliphatic rings. The Morgan fingerprint density at radius 1 is 1.14 bits per heavy atom. The SMILES string of the molecule is COc1cc([N+](=O)[O-])ccc1S(=O)(=O)N(Cc1ccc(F)cc1)C1CCCCC1. The van der Waals surface area contributed by atoms with E-state index in [9.17, 15) is 22.9 Å². The van der Waals surface area contributed by atoms with Crippen LogP contribution < -0.4 is 4.74 Å². The van der Waals surface area contributed by atoms with Crippen molar-refractivity contribution >= 4 is 15.7 Å². The predicted octanol–water partition coefficient (Wildman–Crippen LogP) is 4.27. The van der Waals surface area contributed by atoms with Crippen LogP contribution in [0.5, 0.6) is 5.75 Å². The van der Waals surface area contributed by atoms with Crippen LogP contribution in [0, 0.1) is 15.9 Å². The molecule has 0 saturated heterocycles. The molecule has 0 amide bonds. The van der Waals surface area contributed by atoms with Crippen molar-refractivity contribution in [2.45, 2.75) is 49.6 Å². The number of nitrogens with zero attached hydrogens (tertiary/aromatic N) is 2. The number of nitro benzene ring substituents is 1. The second kappa shape index (κ2) is 8.87. The zero-order valence-corrected chi connectivity index (χ0v) is 16.9. The topological polar surface area (TPSA) is 89.7 Å². The number of benzene rings is 2. The molecule has 2 aromatic rings. The predicted molar refractivity (Wildman–Crippen MR) is 106 cm³/mol. The molecule has 0 radical (unpaired) electrons. The Balaban J connectivity index is 2.03. The van der Waals surface area contributed by atoms with E-state index in [1.54, 1.807) is 12.1 Å². The van der Waals surface area contributed by atoms with Gasteiger partial charge in [0.25, 0.3) is 5.69 Å². The maximum absolute atomic E-state index is 13.6. The van der Waals surface area contributed by atoms with Crippen LogP contribution in [0.25, 0.3) is 0 Å². The molecule has 156 valence electrons. The van der Waals surface area contributed by atoms with Crippen LogP contribution in [0.2, 0.25) is 0 Å². The monoisotopic (exact) mass is 422 g/mol. The molecule has 2 aromatic carbocycles. The Bertz CT molecular complexity index is 973. The van der Waals surface area contributed by atoms with Crippen molar-refractivity contribution in [2.75, 3.05) is 7.11 Å². The fourth-order valence-corrected chi connectivity index (χ4v) is 5.47. The second-order valence-electron chi connectivity index (χ2n) is 7.06. The number of non-ortho nitro benzene ring substituents is 1. The number of nitro groups is 1.